The number of carbonyl (C=O) groups is 1. The van der Waals surface area contributed by atoms with Crippen LogP contribution < -0.4 is 10.2 Å². The van der Waals surface area contributed by atoms with Crippen molar-refractivity contribution >= 4 is 40.6 Å². The monoisotopic (exact) mass is 491 g/mol. The van der Waals surface area contributed by atoms with E-state index in [1.165, 1.54) is 6.26 Å². The highest BCUT2D eigenvalue weighted by Crippen LogP contribution is 2.33. The molecule has 1 aliphatic rings. The van der Waals surface area contributed by atoms with Gasteiger partial charge in [-0.05, 0) is 56.2 Å². The van der Waals surface area contributed by atoms with Gasteiger partial charge in [-0.2, -0.15) is 10.2 Å². The Morgan fingerprint density at radius 1 is 1.24 bits per heavy atom. The lowest BCUT2D eigenvalue weighted by molar-refractivity contribution is -0.120. The Morgan fingerprint density at radius 2 is 2.03 bits per heavy atom. The van der Waals surface area contributed by atoms with Gasteiger partial charge in [0.2, 0.25) is 17.5 Å². The van der Waals surface area contributed by atoms with Gasteiger partial charge in [0.05, 0.1) is 6.26 Å². The van der Waals surface area contributed by atoms with Gasteiger partial charge in [0.25, 0.3) is 5.89 Å². The van der Waals surface area contributed by atoms with Gasteiger partial charge in [-0.1, -0.05) is 11.8 Å². The molecule has 4 heterocycles. The number of nitrogens with zero attached hydrogens (tertiary/aromatic N) is 4. The van der Waals surface area contributed by atoms with Crippen LogP contribution in [-0.4, -0.2) is 29.0 Å². The summed E-state index contributed by atoms with van der Waals surface area (Å²) in [4.78, 5) is 24.6. The molecule has 8 nitrogen and oxygen atoms in total. The minimum Gasteiger partial charge on any atom is -0.459 e. The first-order valence-corrected chi connectivity index (χ1v) is 12.5. The van der Waals surface area contributed by atoms with Crippen LogP contribution in [0.25, 0.3) is 11.7 Å². The highest BCUT2D eigenvalue weighted by atomic mass is 32.2. The van der Waals surface area contributed by atoms with E-state index in [-0.39, 0.29) is 23.4 Å². The van der Waals surface area contributed by atoms with Gasteiger partial charge in [0.15, 0.2) is 10.1 Å². The largest absolute Gasteiger partial charge is 0.459 e. The maximum absolute atomic E-state index is 12.8. The number of hydrogen-bond acceptors (Lipinski definition) is 9. The summed E-state index contributed by atoms with van der Waals surface area (Å²) in [5, 5.41) is 14.5. The van der Waals surface area contributed by atoms with E-state index in [1.54, 1.807) is 35.2 Å². The second kappa shape index (κ2) is 9.75. The third-order valence-corrected chi connectivity index (χ3v) is 7.59. The average Bonchev–Trinajstić information content (AvgIpc) is 3.61. The molecule has 34 heavy (non-hydrogen) atoms. The number of oxazole rings is 1. The fraction of sp³-hybridized carbons (Fsp3) is 0.250. The lowest BCUT2D eigenvalue weighted by atomic mass is 9.96. The fourth-order valence-corrected chi connectivity index (χ4v) is 5.59. The second-order valence-electron chi connectivity index (χ2n) is 7.89. The number of nitriles is 1. The number of furan rings is 1. The maximum Gasteiger partial charge on any atom is 0.266 e. The van der Waals surface area contributed by atoms with Gasteiger partial charge in [-0.3, -0.25) is 4.79 Å². The maximum atomic E-state index is 12.8. The van der Waals surface area contributed by atoms with Crippen molar-refractivity contribution in [1.29, 1.82) is 5.26 Å². The number of anilines is 2. The third kappa shape index (κ3) is 4.85. The molecule has 10 heteroatoms. The van der Waals surface area contributed by atoms with Crippen molar-refractivity contribution in [3.8, 4) is 17.7 Å². The van der Waals surface area contributed by atoms with Crippen LogP contribution in [0.1, 0.15) is 24.2 Å². The number of thiazole rings is 1. The first-order valence-electron chi connectivity index (χ1n) is 10.8. The minimum absolute atomic E-state index is 0.00459. The number of amides is 1. The molecule has 0 unspecified atom stereocenters. The van der Waals surface area contributed by atoms with Gasteiger partial charge < -0.3 is 19.1 Å². The number of rotatable bonds is 6. The van der Waals surface area contributed by atoms with E-state index in [0.29, 0.717) is 37.6 Å². The molecule has 0 atom stereocenters. The number of piperidine rings is 1. The first kappa shape index (κ1) is 22.3. The molecule has 1 aliphatic heterocycles. The summed E-state index contributed by atoms with van der Waals surface area (Å²) in [6.07, 6.45) is 2.85. The zero-order chi connectivity index (χ0) is 23.5. The molecule has 1 fully saturated rings. The number of aryl methyl sites for hydroxylation is 1. The van der Waals surface area contributed by atoms with Crippen LogP contribution in [0.3, 0.4) is 0 Å². The molecule has 1 saturated heterocycles. The van der Waals surface area contributed by atoms with E-state index in [4.69, 9.17) is 8.83 Å². The molecule has 0 spiro atoms. The lowest BCUT2D eigenvalue weighted by Crippen LogP contribution is -2.38. The highest BCUT2D eigenvalue weighted by molar-refractivity contribution is 8.01. The van der Waals surface area contributed by atoms with E-state index < -0.39 is 0 Å². The van der Waals surface area contributed by atoms with Crippen LogP contribution in [0.4, 0.5) is 11.6 Å². The molecule has 0 saturated carbocycles. The lowest BCUT2D eigenvalue weighted by Gasteiger charge is -2.30. The summed E-state index contributed by atoms with van der Waals surface area (Å²) in [5.41, 5.74) is 2.02. The Balaban J connectivity index is 1.17. The molecule has 172 valence electrons. The number of aromatic nitrogens is 2. The zero-order valence-corrected chi connectivity index (χ0v) is 20.0. The Hall–Kier alpha value is -3.55. The summed E-state index contributed by atoms with van der Waals surface area (Å²) in [6, 6.07) is 13.4. The summed E-state index contributed by atoms with van der Waals surface area (Å²) >= 11 is 3.24. The van der Waals surface area contributed by atoms with Crippen LogP contribution >= 0.6 is 23.1 Å². The molecule has 0 radical (unpaired) electrons. The molecular formula is C24H21N5O3S2. The number of benzene rings is 1. The van der Waals surface area contributed by atoms with Crippen molar-refractivity contribution in [2.24, 2.45) is 5.92 Å². The van der Waals surface area contributed by atoms with E-state index in [0.717, 1.165) is 20.6 Å². The zero-order valence-electron chi connectivity index (χ0n) is 18.4. The Labute approximate surface area is 204 Å². The number of carbonyl (C=O) groups excluding carboxylic acids is 1. The SMILES string of the molecule is Cc1csc(Sc2ccc(NC(=O)C3CCN(c4oc(-c5ccco5)nc4C#N)CC3)cc2)n1. The molecule has 0 aliphatic carbocycles. The Kier molecular flexibility index (Phi) is 6.38. The van der Waals surface area contributed by atoms with E-state index in [1.807, 2.05) is 41.5 Å². The predicted molar refractivity (Wildman–Crippen MR) is 130 cm³/mol. The van der Waals surface area contributed by atoms with Gasteiger partial charge in [-0.25, -0.2) is 4.98 Å². The molecule has 5 rings (SSSR count). The van der Waals surface area contributed by atoms with Crippen molar-refractivity contribution in [2.75, 3.05) is 23.3 Å². The topological polar surface area (TPSA) is 108 Å². The normalized spacial score (nSPS) is 14.2. The molecule has 1 amide bonds. The molecule has 0 bridgehead atoms. The summed E-state index contributed by atoms with van der Waals surface area (Å²) in [6.45, 7) is 3.18. The van der Waals surface area contributed by atoms with Crippen LogP contribution in [0.5, 0.6) is 0 Å². The number of hydrogen-bond donors (Lipinski definition) is 1. The Bertz CT molecular complexity index is 1310. The summed E-state index contributed by atoms with van der Waals surface area (Å²) in [7, 11) is 0. The van der Waals surface area contributed by atoms with Crippen molar-refractivity contribution < 1.29 is 13.6 Å². The molecular weight excluding hydrogens is 470 g/mol. The third-order valence-electron chi connectivity index (χ3n) is 5.53. The molecule has 1 N–H and O–H groups in total. The second-order valence-corrected chi connectivity index (χ2v) is 10.1. The van der Waals surface area contributed by atoms with Crippen molar-refractivity contribution in [1.82, 2.24) is 9.97 Å². The van der Waals surface area contributed by atoms with Gasteiger partial charge >= 0.3 is 0 Å². The number of nitrogens with one attached hydrogen (secondary N) is 1. The van der Waals surface area contributed by atoms with Crippen LogP contribution in [0.15, 0.2) is 66.1 Å². The molecule has 4 aromatic rings. The van der Waals surface area contributed by atoms with Gasteiger partial charge in [0, 0.05) is 40.7 Å². The predicted octanol–water partition coefficient (Wildman–Crippen LogP) is 5.58. The molecule has 3 aromatic heterocycles. The fourth-order valence-electron chi connectivity index (χ4n) is 3.78. The quantitative estimate of drug-likeness (QED) is 0.372. The van der Waals surface area contributed by atoms with Crippen molar-refractivity contribution in [2.45, 2.75) is 29.0 Å². The standard InChI is InChI=1S/C24H21N5O3S2/c1-15-14-33-24(26-15)34-18-6-4-17(5-7-18)27-21(30)16-8-10-29(11-9-16)23-19(13-25)28-22(32-23)20-3-2-12-31-20/h2-7,12,14,16H,8-11H2,1H3,(H,27,30). The molecule has 1 aromatic carbocycles. The van der Waals surface area contributed by atoms with Gasteiger partial charge in [0.1, 0.15) is 6.07 Å². The van der Waals surface area contributed by atoms with Crippen LogP contribution in [0, 0.1) is 24.2 Å². The smallest absolute Gasteiger partial charge is 0.266 e. The van der Waals surface area contributed by atoms with E-state index in [2.05, 4.69) is 21.4 Å². The van der Waals surface area contributed by atoms with Crippen molar-refractivity contribution in [3.05, 3.63) is 59.4 Å². The van der Waals surface area contributed by atoms with E-state index >= 15 is 0 Å². The highest BCUT2D eigenvalue weighted by Gasteiger charge is 2.29. The summed E-state index contributed by atoms with van der Waals surface area (Å²) < 4.78 is 12.2. The van der Waals surface area contributed by atoms with E-state index in [9.17, 15) is 10.1 Å². The summed E-state index contributed by atoms with van der Waals surface area (Å²) in [5.74, 6) is 1.08. The van der Waals surface area contributed by atoms with Crippen LogP contribution in [-0.2, 0) is 4.79 Å². The average molecular weight is 492 g/mol. The van der Waals surface area contributed by atoms with Crippen LogP contribution in [0.2, 0.25) is 0 Å². The first-order chi connectivity index (χ1) is 16.6. The van der Waals surface area contributed by atoms with Crippen molar-refractivity contribution in [3.63, 3.8) is 0 Å². The minimum atomic E-state index is -0.110. The Morgan fingerprint density at radius 3 is 2.68 bits per heavy atom. The van der Waals surface area contributed by atoms with Gasteiger partial charge in [-0.15, -0.1) is 11.3 Å².